The molecule has 0 fully saturated rings. The molecule has 0 aliphatic heterocycles. The van der Waals surface area contributed by atoms with Crippen LogP contribution in [-0.2, 0) is 20.2 Å². The second kappa shape index (κ2) is 19.6. The first-order chi connectivity index (χ1) is 22.3. The molecule has 0 aliphatic rings. The van der Waals surface area contributed by atoms with Gasteiger partial charge in [-0.25, -0.2) is 0 Å². The summed E-state index contributed by atoms with van der Waals surface area (Å²) in [7, 11) is -9.80. The van der Waals surface area contributed by atoms with E-state index in [1.54, 1.807) is 0 Å². The number of aromatic carboxylic acids is 2. The van der Waals surface area contributed by atoms with Gasteiger partial charge >= 0.3 is 75.4 Å². The zero-order chi connectivity index (χ0) is 35.6. The molecule has 0 heterocycles. The van der Waals surface area contributed by atoms with Crippen molar-refractivity contribution in [1.82, 2.24) is 0 Å². The Morgan fingerprint density at radius 2 is 0.865 bits per heavy atom. The van der Waals surface area contributed by atoms with Crippen LogP contribution >= 0.6 is 0 Å². The van der Waals surface area contributed by atoms with Crippen molar-refractivity contribution in [3.63, 3.8) is 0 Å². The van der Waals surface area contributed by atoms with Gasteiger partial charge in [0.2, 0.25) is 0 Å². The van der Waals surface area contributed by atoms with Crippen molar-refractivity contribution >= 4 is 67.1 Å². The summed E-state index contributed by atoms with van der Waals surface area (Å²) in [6.45, 7) is 2.70. The van der Waals surface area contributed by atoms with Gasteiger partial charge in [-0.15, -0.1) is 0 Å². The minimum Gasteiger partial charge on any atom is -0.872 e. The molecule has 22 heteroatoms. The maximum absolute atomic E-state index is 12.2. The summed E-state index contributed by atoms with van der Waals surface area (Å²) in [5.74, 6) is -4.99. The number of azo groups is 2. The molecule has 0 aromatic heterocycles. The minimum atomic E-state index is -4.90. The van der Waals surface area contributed by atoms with Crippen molar-refractivity contribution < 1.29 is 131 Å². The molecule has 0 aliphatic carbocycles. The standard InChI is InChI=1S/C30H24N4O12S2.4Li/c1-15-9-21(11-23(27(15)35)29(37)38)33-31-19-7-5-17(25(13-19)47(41,42)43)3-4-18-6-8-20(14-26(18)48(44,45)46)32-34-22-10-16(2)28(36)24(12-22)30(39)40;;;;/h3-14,35-36H,1-2H3,(H,37,38)(H,39,40)(H,41,42,43)(H,44,45,46);;;;/q;4*+1/p-4/b4-3+,33-31?,34-32?;;;;. The number of hydrogen-bond donors (Lipinski definition) is 2. The smallest absolute Gasteiger partial charge is 0.872 e. The van der Waals surface area contributed by atoms with Crippen LogP contribution in [0.4, 0.5) is 22.7 Å². The Balaban J connectivity index is 0.00000650. The van der Waals surface area contributed by atoms with E-state index >= 15 is 0 Å². The van der Waals surface area contributed by atoms with Gasteiger partial charge in [0.1, 0.15) is 9.79 Å². The summed E-state index contributed by atoms with van der Waals surface area (Å²) < 4.78 is 68.4. The maximum Gasteiger partial charge on any atom is 1.00 e. The van der Waals surface area contributed by atoms with Crippen molar-refractivity contribution in [2.75, 3.05) is 0 Å². The van der Waals surface area contributed by atoms with Crippen LogP contribution in [-0.4, -0.2) is 37.9 Å². The van der Waals surface area contributed by atoms with Gasteiger partial charge in [-0.05, 0) is 84.6 Å². The number of carboxylic acid groups (broad SMARTS) is 2. The minimum absolute atomic E-state index is 0. The largest absolute Gasteiger partial charge is 1.00 e. The molecule has 52 heavy (non-hydrogen) atoms. The van der Waals surface area contributed by atoms with E-state index in [4.69, 9.17) is 0 Å². The van der Waals surface area contributed by atoms with E-state index in [0.29, 0.717) is 0 Å². The van der Waals surface area contributed by atoms with Gasteiger partial charge in [-0.2, -0.15) is 37.3 Å². The fourth-order valence-corrected chi connectivity index (χ4v) is 5.64. The number of aryl methyl sites for hydroxylation is 2. The second-order valence-corrected chi connectivity index (χ2v) is 12.8. The van der Waals surface area contributed by atoms with Gasteiger partial charge in [0.05, 0.1) is 34.7 Å². The normalized spacial score (nSPS) is 11.4. The molecule has 0 saturated carbocycles. The van der Waals surface area contributed by atoms with E-state index in [9.17, 15) is 56.0 Å². The van der Waals surface area contributed by atoms with Crippen LogP contribution in [0.2, 0.25) is 0 Å². The van der Waals surface area contributed by atoms with Gasteiger partial charge in [-0.1, -0.05) is 46.9 Å². The summed E-state index contributed by atoms with van der Waals surface area (Å²) in [6.07, 6.45) is 2.23. The molecule has 0 saturated heterocycles. The van der Waals surface area contributed by atoms with Crippen LogP contribution in [0, 0.1) is 13.8 Å². The summed E-state index contributed by atoms with van der Waals surface area (Å²) in [4.78, 5) is 21.1. The third-order valence-corrected chi connectivity index (χ3v) is 8.33. The van der Waals surface area contributed by atoms with E-state index in [1.165, 1.54) is 50.2 Å². The number of carboxylic acids is 2. The number of hydrogen-bond acceptors (Lipinski definition) is 14. The number of rotatable bonds is 10. The van der Waals surface area contributed by atoms with Crippen LogP contribution in [0.1, 0.15) is 43.0 Å². The Bertz CT molecular complexity index is 2160. The van der Waals surface area contributed by atoms with Crippen molar-refractivity contribution in [3.8, 4) is 11.5 Å². The van der Waals surface area contributed by atoms with E-state index in [0.717, 1.165) is 36.4 Å². The van der Waals surface area contributed by atoms with E-state index in [2.05, 4.69) is 20.5 Å². The molecule has 16 nitrogen and oxygen atoms in total. The van der Waals surface area contributed by atoms with Crippen LogP contribution in [0.3, 0.4) is 0 Å². The average molecular weight is 720 g/mol. The predicted molar refractivity (Wildman–Crippen MR) is 160 cm³/mol. The zero-order valence-corrected chi connectivity index (χ0v) is 30.1. The first kappa shape index (κ1) is 48.6. The Morgan fingerprint density at radius 1 is 0.558 bits per heavy atom. The van der Waals surface area contributed by atoms with Crippen LogP contribution in [0.25, 0.3) is 12.2 Å². The van der Waals surface area contributed by atoms with Crippen molar-refractivity contribution in [2.45, 2.75) is 23.6 Å². The quantitative estimate of drug-likeness (QED) is 0.0669. The van der Waals surface area contributed by atoms with Crippen molar-refractivity contribution in [2.24, 2.45) is 20.5 Å². The summed E-state index contributed by atoms with van der Waals surface area (Å²) >= 11 is 0. The first-order valence-electron chi connectivity index (χ1n) is 13.2. The van der Waals surface area contributed by atoms with Crippen molar-refractivity contribution in [1.29, 1.82) is 0 Å². The van der Waals surface area contributed by atoms with Gasteiger partial charge < -0.3 is 30.0 Å². The molecule has 0 spiro atoms. The number of carbonyl (C=O) groups is 2. The van der Waals surface area contributed by atoms with Crippen molar-refractivity contribution in [3.05, 3.63) is 94.0 Å². The molecule has 0 amide bonds. The fourth-order valence-electron chi connectivity index (χ4n) is 4.23. The van der Waals surface area contributed by atoms with Gasteiger partial charge in [0.25, 0.3) is 20.2 Å². The molecule has 248 valence electrons. The third kappa shape index (κ3) is 12.1. The molecular formula is C30H20Li4N4O12S2. The number of nitrogens with zero attached hydrogens (tertiary/aromatic N) is 4. The Kier molecular flexibility index (Phi) is 18.3. The molecule has 4 aromatic rings. The fraction of sp³-hybridized carbons (Fsp3) is 0.0667. The molecule has 2 N–H and O–H groups in total. The number of benzene rings is 4. The summed E-state index contributed by atoms with van der Waals surface area (Å²) in [6, 6.07) is 11.1. The summed E-state index contributed by atoms with van der Waals surface area (Å²) in [5.41, 5.74) is -1.84. The first-order valence-corrected chi connectivity index (χ1v) is 16.0. The van der Waals surface area contributed by atoms with Gasteiger partial charge in [0.15, 0.2) is 0 Å². The molecule has 0 radical (unpaired) electrons. The third-order valence-electron chi connectivity index (χ3n) is 6.51. The molecule has 4 aromatic carbocycles. The van der Waals surface area contributed by atoms with Crippen LogP contribution in [0.5, 0.6) is 11.5 Å². The molecule has 0 atom stereocenters. The van der Waals surface area contributed by atoms with E-state index in [-0.39, 0.29) is 120 Å². The van der Waals surface area contributed by atoms with Crippen LogP contribution in [0.15, 0.2) is 90.9 Å². The van der Waals surface area contributed by atoms with E-state index in [1.807, 2.05) is 0 Å². The van der Waals surface area contributed by atoms with Gasteiger partial charge in [0, 0.05) is 0 Å². The Labute approximate surface area is 345 Å². The second-order valence-electron chi connectivity index (χ2n) is 9.98. The summed E-state index contributed by atoms with van der Waals surface area (Å²) in [5, 5.41) is 61.6. The molecule has 0 unspecified atom stereocenters. The maximum atomic E-state index is 12.2. The molecule has 4 rings (SSSR count). The molecule has 0 bridgehead atoms. The Hall–Kier alpha value is -3.43. The van der Waals surface area contributed by atoms with Crippen LogP contribution < -0.4 is 95.9 Å². The SMILES string of the molecule is Cc1cc(N=Nc2ccc(/C=C/c3ccc(N=Nc4cc(C)c([O-])c(C(=O)[O-])c4)cc3S(=O)(=O)O)c(S(=O)(=O)O)c2)cc(C(=O)[O-])c1[O-].[Li+].[Li+].[Li+].[Li+]. The average Bonchev–Trinajstić information content (AvgIpc) is 3.00. The molecular weight excluding hydrogens is 700 g/mol. The van der Waals surface area contributed by atoms with Gasteiger partial charge in [-0.3, -0.25) is 9.11 Å². The predicted octanol–water partition coefficient (Wildman–Crippen LogP) is -9.31. The Morgan fingerprint density at radius 3 is 1.15 bits per heavy atom. The topological polar surface area (TPSA) is 285 Å². The van der Waals surface area contributed by atoms with E-state index < -0.39 is 64.6 Å². The number of carbonyl (C=O) groups excluding carboxylic acids is 2. The zero-order valence-electron chi connectivity index (χ0n) is 28.5. The monoisotopic (exact) mass is 720 g/mol.